The van der Waals surface area contributed by atoms with E-state index in [2.05, 4.69) is 20.0 Å². The normalized spacial score (nSPS) is 9.94. The highest BCUT2D eigenvalue weighted by atomic mass is 16.5. The Morgan fingerprint density at radius 2 is 1.79 bits per heavy atom. The number of hydrogen-bond acceptors (Lipinski definition) is 7. The molecule has 1 amide bonds. The fourth-order valence-electron chi connectivity index (χ4n) is 2.89. The summed E-state index contributed by atoms with van der Waals surface area (Å²) < 4.78 is 5.87. The second kappa shape index (κ2) is 11.1. The van der Waals surface area contributed by atoms with Crippen LogP contribution in [0.2, 0.25) is 0 Å². The summed E-state index contributed by atoms with van der Waals surface area (Å²) in [7, 11) is 1.51. The monoisotopic (exact) mass is 443 g/mol. The number of nitrogens with zero attached hydrogens (tertiary/aromatic N) is 4. The van der Waals surface area contributed by atoms with E-state index < -0.39 is 17.2 Å². The summed E-state index contributed by atoms with van der Waals surface area (Å²) in [5.74, 6) is -0.999. The largest absolute Gasteiger partial charge is 0.501 e. The van der Waals surface area contributed by atoms with Crippen molar-refractivity contribution in [3.63, 3.8) is 0 Å². The quantitative estimate of drug-likeness (QED) is 0.484. The summed E-state index contributed by atoms with van der Waals surface area (Å²) >= 11 is 0. The Kier molecular flexibility index (Phi) is 7.70. The number of nitriles is 1. The highest BCUT2D eigenvalue weighted by Gasteiger charge is 2.20. The Morgan fingerprint density at radius 3 is 2.36 bits per heavy atom. The van der Waals surface area contributed by atoms with Gasteiger partial charge in [0.25, 0.3) is 11.5 Å². The van der Waals surface area contributed by atoms with Gasteiger partial charge in [0.05, 0.1) is 17.8 Å². The van der Waals surface area contributed by atoms with Gasteiger partial charge >= 0.3 is 0 Å². The zero-order valence-corrected chi connectivity index (χ0v) is 17.8. The summed E-state index contributed by atoms with van der Waals surface area (Å²) in [6.45, 7) is 0. The molecule has 4 rings (SSSR count). The molecule has 9 nitrogen and oxygen atoms in total. The second-order valence-electron chi connectivity index (χ2n) is 6.92. The number of rotatable bonds is 5. The molecular formula is C24H21N5O4. The molecule has 0 aliphatic carbocycles. The number of aryl methyl sites for hydroxylation is 2. The van der Waals surface area contributed by atoms with E-state index in [0.29, 0.717) is 29.9 Å². The van der Waals surface area contributed by atoms with Crippen LogP contribution in [0.5, 0.6) is 5.75 Å². The van der Waals surface area contributed by atoms with Gasteiger partial charge in [0.2, 0.25) is 5.75 Å². The molecule has 2 aromatic heterocycles. The molecule has 0 fully saturated rings. The maximum absolute atomic E-state index is 12.3. The molecule has 2 heterocycles. The lowest BCUT2D eigenvalue weighted by atomic mass is 10.1. The Hall–Kier alpha value is -4.71. The van der Waals surface area contributed by atoms with Crippen molar-refractivity contribution >= 4 is 11.6 Å². The van der Waals surface area contributed by atoms with Gasteiger partial charge in [-0.2, -0.15) is 5.26 Å². The standard InChI is InChI=1S/C17H16N4O4.C7H5N/c1-21-13(8-7-11-5-3-2-4-6-11)20-14(15(22)17(21)24)16(23)19-12-9-18-25-10-12;8-6-7-4-2-1-3-5-7/h2-6,9-10,22H,7-8H2,1H3,(H,19,23);1-5H. The van der Waals surface area contributed by atoms with Crippen LogP contribution in [0, 0.1) is 11.3 Å². The predicted molar refractivity (Wildman–Crippen MR) is 121 cm³/mol. The van der Waals surface area contributed by atoms with Gasteiger partial charge in [-0.05, 0) is 24.1 Å². The lowest BCUT2D eigenvalue weighted by Gasteiger charge is -2.11. The number of carbonyl (C=O) groups is 1. The molecule has 0 aliphatic rings. The number of aromatic hydroxyl groups is 1. The first-order valence-electron chi connectivity index (χ1n) is 9.98. The van der Waals surface area contributed by atoms with Crippen LogP contribution in [0.4, 0.5) is 5.69 Å². The number of benzene rings is 2. The minimum Gasteiger partial charge on any atom is -0.501 e. The van der Waals surface area contributed by atoms with Gasteiger partial charge in [0, 0.05) is 13.5 Å². The average Bonchev–Trinajstić information content (AvgIpc) is 3.36. The molecule has 9 heteroatoms. The van der Waals surface area contributed by atoms with Crippen LogP contribution >= 0.6 is 0 Å². The Labute approximate surface area is 189 Å². The predicted octanol–water partition coefficient (Wildman–Crippen LogP) is 3.07. The topological polar surface area (TPSA) is 134 Å². The average molecular weight is 443 g/mol. The summed E-state index contributed by atoms with van der Waals surface area (Å²) in [5.41, 5.74) is 1.10. The summed E-state index contributed by atoms with van der Waals surface area (Å²) in [4.78, 5) is 28.6. The molecule has 0 saturated heterocycles. The SMILES string of the molecule is Cn1c(CCc2ccccc2)nc(C(=O)Nc2cnoc2)c(O)c1=O.N#Cc1ccccc1. The van der Waals surface area contributed by atoms with Crippen LogP contribution < -0.4 is 10.9 Å². The van der Waals surface area contributed by atoms with E-state index in [1.165, 1.54) is 24.1 Å². The van der Waals surface area contributed by atoms with Crippen molar-refractivity contribution in [3.05, 3.63) is 106 Å². The first kappa shape index (κ1) is 23.0. The molecule has 0 unspecified atom stereocenters. The summed E-state index contributed by atoms with van der Waals surface area (Å²) in [6.07, 6.45) is 3.63. The zero-order valence-electron chi connectivity index (χ0n) is 17.8. The Morgan fingerprint density at radius 1 is 1.12 bits per heavy atom. The number of anilines is 1. The highest BCUT2D eigenvalue weighted by molar-refractivity contribution is 6.04. The van der Waals surface area contributed by atoms with Gasteiger partial charge in [0.15, 0.2) is 5.69 Å². The smallest absolute Gasteiger partial charge is 0.296 e. The highest BCUT2D eigenvalue weighted by Crippen LogP contribution is 2.14. The van der Waals surface area contributed by atoms with Crippen LogP contribution in [0.3, 0.4) is 0 Å². The van der Waals surface area contributed by atoms with Gasteiger partial charge in [0.1, 0.15) is 17.8 Å². The van der Waals surface area contributed by atoms with Crippen molar-refractivity contribution in [2.75, 3.05) is 5.32 Å². The molecule has 0 radical (unpaired) electrons. The fourth-order valence-corrected chi connectivity index (χ4v) is 2.89. The van der Waals surface area contributed by atoms with Gasteiger partial charge in [-0.1, -0.05) is 53.7 Å². The molecule has 0 spiro atoms. The van der Waals surface area contributed by atoms with Crippen molar-refractivity contribution in [3.8, 4) is 11.8 Å². The Bertz CT molecular complexity index is 1290. The van der Waals surface area contributed by atoms with Crippen LogP contribution in [-0.2, 0) is 19.9 Å². The first-order valence-corrected chi connectivity index (χ1v) is 9.98. The zero-order chi connectivity index (χ0) is 23.6. The second-order valence-corrected chi connectivity index (χ2v) is 6.92. The molecular weight excluding hydrogens is 422 g/mol. The van der Waals surface area contributed by atoms with E-state index in [9.17, 15) is 14.7 Å². The van der Waals surface area contributed by atoms with Crippen LogP contribution in [-0.4, -0.2) is 25.7 Å². The molecule has 0 saturated carbocycles. The molecule has 2 N–H and O–H groups in total. The molecule has 0 aliphatic heterocycles. The van der Waals surface area contributed by atoms with Gasteiger partial charge in [-0.3, -0.25) is 14.2 Å². The molecule has 166 valence electrons. The summed E-state index contributed by atoms with van der Waals surface area (Å²) in [5, 5.41) is 24.2. The fraction of sp³-hybridized carbons (Fsp3) is 0.125. The van der Waals surface area contributed by atoms with E-state index in [0.717, 1.165) is 5.56 Å². The third-order valence-corrected chi connectivity index (χ3v) is 4.65. The minimum absolute atomic E-state index is 0.303. The number of amides is 1. The van der Waals surface area contributed by atoms with Crippen molar-refractivity contribution < 1.29 is 14.4 Å². The number of carbonyl (C=O) groups excluding carboxylic acids is 1. The van der Waals surface area contributed by atoms with Gasteiger partial charge in [-0.25, -0.2) is 4.98 Å². The van der Waals surface area contributed by atoms with Gasteiger partial charge in [-0.15, -0.1) is 0 Å². The van der Waals surface area contributed by atoms with Crippen LogP contribution in [0.25, 0.3) is 0 Å². The van der Waals surface area contributed by atoms with Gasteiger partial charge < -0.3 is 14.9 Å². The Balaban J connectivity index is 0.000000323. The number of hydrogen-bond donors (Lipinski definition) is 2. The van der Waals surface area contributed by atoms with Crippen LogP contribution in [0.15, 0.2) is 82.4 Å². The third kappa shape index (κ3) is 6.15. The van der Waals surface area contributed by atoms with Crippen LogP contribution in [0.1, 0.15) is 27.4 Å². The van der Waals surface area contributed by atoms with E-state index in [4.69, 9.17) is 5.26 Å². The minimum atomic E-state index is -0.709. The van der Waals surface area contributed by atoms with Crippen molar-refractivity contribution in [1.29, 1.82) is 5.26 Å². The first-order chi connectivity index (χ1) is 16.0. The number of aromatic nitrogens is 3. The van der Waals surface area contributed by atoms with E-state index in [1.54, 1.807) is 12.1 Å². The number of nitrogens with one attached hydrogen (secondary N) is 1. The maximum Gasteiger partial charge on any atom is 0.296 e. The molecule has 0 bridgehead atoms. The van der Waals surface area contributed by atoms with E-state index in [-0.39, 0.29) is 5.69 Å². The van der Waals surface area contributed by atoms with E-state index >= 15 is 0 Å². The third-order valence-electron chi connectivity index (χ3n) is 4.65. The van der Waals surface area contributed by atoms with E-state index in [1.807, 2.05) is 54.6 Å². The maximum atomic E-state index is 12.3. The van der Waals surface area contributed by atoms with Crippen molar-refractivity contribution in [2.45, 2.75) is 12.8 Å². The van der Waals surface area contributed by atoms with Crippen molar-refractivity contribution in [1.82, 2.24) is 14.7 Å². The summed E-state index contributed by atoms with van der Waals surface area (Å²) in [6, 6.07) is 20.9. The lowest BCUT2D eigenvalue weighted by molar-refractivity contribution is 0.101. The lowest BCUT2D eigenvalue weighted by Crippen LogP contribution is -2.27. The molecule has 2 aromatic carbocycles. The van der Waals surface area contributed by atoms with Crippen molar-refractivity contribution in [2.24, 2.45) is 7.05 Å². The molecule has 0 atom stereocenters. The molecule has 4 aromatic rings. The molecule has 33 heavy (non-hydrogen) atoms.